The Labute approximate surface area is 121 Å². The standard InChI is InChI=1S/C14H24O5S/c1-18-13(15)11-7-6-10-14(8-4-3-5-9-14)12(11)19-20(2,16)17/h11-12H,3-10H2,1-2H3/t11-,12-/m0/s1. The van der Waals surface area contributed by atoms with Crippen molar-refractivity contribution in [1.82, 2.24) is 0 Å². The van der Waals surface area contributed by atoms with Crippen LogP contribution in [0, 0.1) is 11.3 Å². The maximum Gasteiger partial charge on any atom is 0.311 e. The minimum atomic E-state index is -3.58. The van der Waals surface area contributed by atoms with Gasteiger partial charge in [-0.3, -0.25) is 8.98 Å². The van der Waals surface area contributed by atoms with Crippen molar-refractivity contribution in [2.75, 3.05) is 13.4 Å². The van der Waals surface area contributed by atoms with Crippen molar-refractivity contribution >= 4 is 16.1 Å². The highest BCUT2D eigenvalue weighted by Gasteiger charge is 2.50. The second-order valence-corrected chi connectivity index (χ2v) is 7.77. The minimum absolute atomic E-state index is 0.168. The van der Waals surface area contributed by atoms with Crippen molar-refractivity contribution in [1.29, 1.82) is 0 Å². The van der Waals surface area contributed by atoms with Crippen LogP contribution in [0.5, 0.6) is 0 Å². The highest BCUT2D eigenvalue weighted by molar-refractivity contribution is 7.86. The number of esters is 1. The van der Waals surface area contributed by atoms with E-state index in [1.54, 1.807) is 0 Å². The third kappa shape index (κ3) is 3.34. The van der Waals surface area contributed by atoms with Gasteiger partial charge in [0.25, 0.3) is 10.1 Å². The molecular weight excluding hydrogens is 280 g/mol. The van der Waals surface area contributed by atoms with Crippen molar-refractivity contribution in [2.24, 2.45) is 11.3 Å². The molecule has 116 valence electrons. The van der Waals surface area contributed by atoms with E-state index in [-0.39, 0.29) is 11.4 Å². The Hall–Kier alpha value is -0.620. The van der Waals surface area contributed by atoms with Gasteiger partial charge in [-0.25, -0.2) is 0 Å². The summed E-state index contributed by atoms with van der Waals surface area (Å²) in [4.78, 5) is 12.0. The zero-order chi connectivity index (χ0) is 14.8. The Balaban J connectivity index is 2.31. The Morgan fingerprint density at radius 3 is 2.25 bits per heavy atom. The van der Waals surface area contributed by atoms with E-state index < -0.39 is 22.1 Å². The average molecular weight is 304 g/mol. The molecule has 1 spiro atoms. The zero-order valence-electron chi connectivity index (χ0n) is 12.3. The second-order valence-electron chi connectivity index (χ2n) is 6.17. The highest BCUT2D eigenvalue weighted by Crippen LogP contribution is 2.51. The van der Waals surface area contributed by atoms with Gasteiger partial charge < -0.3 is 4.74 Å². The summed E-state index contributed by atoms with van der Waals surface area (Å²) >= 11 is 0. The quantitative estimate of drug-likeness (QED) is 0.591. The molecule has 0 radical (unpaired) electrons. The molecule has 2 rings (SSSR count). The van der Waals surface area contributed by atoms with Crippen molar-refractivity contribution in [3.63, 3.8) is 0 Å². The van der Waals surface area contributed by atoms with Crippen LogP contribution in [-0.2, 0) is 23.8 Å². The Bertz CT molecular complexity index is 445. The largest absolute Gasteiger partial charge is 0.469 e. The molecule has 0 bridgehead atoms. The number of rotatable bonds is 3. The van der Waals surface area contributed by atoms with Crippen LogP contribution in [0.4, 0.5) is 0 Å². The lowest BCUT2D eigenvalue weighted by molar-refractivity contribution is -0.157. The maximum atomic E-state index is 12.0. The third-order valence-corrected chi connectivity index (χ3v) is 5.35. The van der Waals surface area contributed by atoms with Crippen molar-refractivity contribution in [3.8, 4) is 0 Å². The van der Waals surface area contributed by atoms with Gasteiger partial charge >= 0.3 is 5.97 Å². The van der Waals surface area contributed by atoms with Gasteiger partial charge in [-0.2, -0.15) is 8.42 Å². The molecule has 20 heavy (non-hydrogen) atoms. The van der Waals surface area contributed by atoms with Crippen LogP contribution < -0.4 is 0 Å². The molecule has 2 aliphatic rings. The fraction of sp³-hybridized carbons (Fsp3) is 0.929. The molecule has 2 fully saturated rings. The lowest BCUT2D eigenvalue weighted by atomic mass is 9.60. The molecule has 0 aliphatic heterocycles. The molecule has 2 atom stereocenters. The van der Waals surface area contributed by atoms with E-state index in [1.807, 2.05) is 0 Å². The van der Waals surface area contributed by atoms with Gasteiger partial charge in [-0.15, -0.1) is 0 Å². The molecule has 0 unspecified atom stereocenters. The molecule has 2 saturated carbocycles. The van der Waals surface area contributed by atoms with Gasteiger partial charge in [-0.1, -0.05) is 25.7 Å². The molecule has 0 saturated heterocycles. The fourth-order valence-corrected chi connectivity index (χ4v) is 4.65. The smallest absolute Gasteiger partial charge is 0.311 e. The number of carbonyl (C=O) groups excluding carboxylic acids is 1. The van der Waals surface area contributed by atoms with E-state index in [4.69, 9.17) is 8.92 Å². The number of ether oxygens (including phenoxy) is 1. The number of methoxy groups -OCH3 is 1. The molecule has 0 aromatic heterocycles. The van der Waals surface area contributed by atoms with E-state index in [2.05, 4.69) is 0 Å². The van der Waals surface area contributed by atoms with Crippen LogP contribution in [-0.4, -0.2) is 33.9 Å². The van der Waals surface area contributed by atoms with E-state index in [9.17, 15) is 13.2 Å². The second kappa shape index (κ2) is 6.02. The molecule has 0 aromatic carbocycles. The minimum Gasteiger partial charge on any atom is -0.469 e. The lowest BCUT2D eigenvalue weighted by Crippen LogP contribution is -2.50. The molecule has 5 nitrogen and oxygen atoms in total. The monoisotopic (exact) mass is 304 g/mol. The maximum absolute atomic E-state index is 12.0. The van der Waals surface area contributed by atoms with Gasteiger partial charge in [0.2, 0.25) is 0 Å². The predicted molar refractivity (Wildman–Crippen MR) is 74.6 cm³/mol. The van der Waals surface area contributed by atoms with Gasteiger partial charge in [0.05, 0.1) is 25.4 Å². The molecule has 6 heteroatoms. The summed E-state index contributed by atoms with van der Waals surface area (Å²) in [5.41, 5.74) is -0.168. The highest BCUT2D eigenvalue weighted by atomic mass is 32.2. The average Bonchev–Trinajstić information content (AvgIpc) is 2.40. The molecule has 0 amide bonds. The normalized spacial score (nSPS) is 30.1. The Morgan fingerprint density at radius 1 is 1.10 bits per heavy atom. The topological polar surface area (TPSA) is 69.7 Å². The first-order valence-electron chi connectivity index (χ1n) is 7.34. The van der Waals surface area contributed by atoms with Crippen LogP contribution >= 0.6 is 0 Å². The molecule has 0 heterocycles. The number of hydrogen-bond donors (Lipinski definition) is 0. The summed E-state index contributed by atoms with van der Waals surface area (Å²) in [6, 6.07) is 0. The van der Waals surface area contributed by atoms with E-state index in [0.717, 1.165) is 44.8 Å². The fourth-order valence-electron chi connectivity index (χ4n) is 3.94. The van der Waals surface area contributed by atoms with E-state index >= 15 is 0 Å². The summed E-state index contributed by atoms with van der Waals surface area (Å²) in [6.45, 7) is 0. The van der Waals surface area contributed by atoms with Crippen molar-refractivity contribution < 1.29 is 22.1 Å². The lowest BCUT2D eigenvalue weighted by Gasteiger charge is -2.48. The van der Waals surface area contributed by atoms with Crippen LogP contribution in [0.25, 0.3) is 0 Å². The number of hydrogen-bond acceptors (Lipinski definition) is 5. The number of carbonyl (C=O) groups is 1. The molecule has 0 N–H and O–H groups in total. The first kappa shape index (κ1) is 15.8. The van der Waals surface area contributed by atoms with Gasteiger partial charge in [0.15, 0.2) is 0 Å². The van der Waals surface area contributed by atoms with Crippen LogP contribution in [0.2, 0.25) is 0 Å². The molecular formula is C14H24O5S. The molecule has 2 aliphatic carbocycles. The third-order valence-electron chi connectivity index (χ3n) is 4.79. The van der Waals surface area contributed by atoms with Crippen LogP contribution in [0.3, 0.4) is 0 Å². The summed E-state index contributed by atoms with van der Waals surface area (Å²) < 4.78 is 33.4. The summed E-state index contributed by atoms with van der Waals surface area (Å²) in [6.07, 6.45) is 8.26. The van der Waals surface area contributed by atoms with Crippen LogP contribution in [0.1, 0.15) is 51.4 Å². The summed E-state index contributed by atoms with van der Waals surface area (Å²) in [7, 11) is -2.23. The molecule has 0 aromatic rings. The summed E-state index contributed by atoms with van der Waals surface area (Å²) in [5, 5.41) is 0. The Morgan fingerprint density at radius 2 is 1.70 bits per heavy atom. The van der Waals surface area contributed by atoms with Gasteiger partial charge in [0, 0.05) is 0 Å². The van der Waals surface area contributed by atoms with Gasteiger partial charge in [0.1, 0.15) is 0 Å². The Kier molecular flexibility index (Phi) is 4.74. The zero-order valence-corrected chi connectivity index (χ0v) is 13.1. The van der Waals surface area contributed by atoms with Crippen LogP contribution in [0.15, 0.2) is 0 Å². The summed E-state index contributed by atoms with van der Waals surface area (Å²) in [5.74, 6) is -0.801. The van der Waals surface area contributed by atoms with E-state index in [0.29, 0.717) is 6.42 Å². The first-order valence-corrected chi connectivity index (χ1v) is 9.16. The first-order chi connectivity index (χ1) is 9.38. The van der Waals surface area contributed by atoms with Crippen molar-refractivity contribution in [3.05, 3.63) is 0 Å². The van der Waals surface area contributed by atoms with E-state index in [1.165, 1.54) is 13.5 Å². The van der Waals surface area contributed by atoms with Gasteiger partial charge in [-0.05, 0) is 31.1 Å². The van der Waals surface area contributed by atoms with Crippen molar-refractivity contribution in [2.45, 2.75) is 57.5 Å². The SMILES string of the molecule is COC(=O)[C@H]1CCCC2(CCCCC2)[C@H]1OS(C)(=O)=O. The predicted octanol–water partition coefficient (Wildman–Crippen LogP) is 2.25.